The van der Waals surface area contributed by atoms with E-state index in [4.69, 9.17) is 0 Å². The van der Waals surface area contributed by atoms with E-state index in [9.17, 15) is 8.42 Å². The fourth-order valence-corrected chi connectivity index (χ4v) is 3.14. The average molecular weight is 312 g/mol. The van der Waals surface area contributed by atoms with E-state index in [-0.39, 0.29) is 11.5 Å². The molecule has 21 heavy (non-hydrogen) atoms. The van der Waals surface area contributed by atoms with Crippen molar-refractivity contribution in [2.75, 3.05) is 0 Å². The molecule has 1 aromatic carbocycles. The Balaban J connectivity index is 2.91. The van der Waals surface area contributed by atoms with Crippen LogP contribution in [0.5, 0.6) is 0 Å². The maximum atomic E-state index is 12.4. The van der Waals surface area contributed by atoms with Gasteiger partial charge in [0.2, 0.25) is 10.0 Å². The van der Waals surface area contributed by atoms with Gasteiger partial charge in [-0.25, -0.2) is 13.1 Å². The third-order valence-corrected chi connectivity index (χ3v) is 5.09. The van der Waals surface area contributed by atoms with E-state index in [1.807, 2.05) is 33.8 Å². The fourth-order valence-electron chi connectivity index (χ4n) is 1.62. The number of hydrogen-bond acceptors (Lipinski definition) is 3. The summed E-state index contributed by atoms with van der Waals surface area (Å²) in [6, 6.07) is 7.31. The molecular weight excluding hydrogens is 284 g/mol. The highest BCUT2D eigenvalue weighted by atomic mass is 32.2. The van der Waals surface area contributed by atoms with Crippen LogP contribution in [0.25, 0.3) is 0 Å². The molecular formula is C16H28N2O2S. The van der Waals surface area contributed by atoms with Gasteiger partial charge in [0.05, 0.1) is 4.90 Å². The molecule has 0 amide bonds. The van der Waals surface area contributed by atoms with Crippen molar-refractivity contribution in [3.8, 4) is 0 Å². The van der Waals surface area contributed by atoms with Crippen molar-refractivity contribution in [3.63, 3.8) is 0 Å². The predicted molar refractivity (Wildman–Crippen MR) is 87.7 cm³/mol. The lowest BCUT2D eigenvalue weighted by molar-refractivity contribution is 0.317. The minimum Gasteiger partial charge on any atom is -0.310 e. The van der Waals surface area contributed by atoms with Crippen LogP contribution in [-0.2, 0) is 16.6 Å². The minimum absolute atomic E-state index is 0.121. The van der Waals surface area contributed by atoms with Gasteiger partial charge in [0, 0.05) is 18.6 Å². The highest BCUT2D eigenvalue weighted by molar-refractivity contribution is 7.89. The lowest BCUT2D eigenvalue weighted by atomic mass is 9.89. The molecule has 2 N–H and O–H groups in total. The number of sulfonamides is 1. The smallest absolute Gasteiger partial charge is 0.240 e. The largest absolute Gasteiger partial charge is 0.310 e. The first-order valence-corrected chi connectivity index (χ1v) is 8.85. The van der Waals surface area contributed by atoms with Gasteiger partial charge in [0.15, 0.2) is 0 Å². The third-order valence-electron chi connectivity index (χ3n) is 3.55. The van der Waals surface area contributed by atoms with Crippen LogP contribution in [0, 0.1) is 5.41 Å². The Morgan fingerprint density at radius 3 is 2.29 bits per heavy atom. The van der Waals surface area contributed by atoms with Crippen molar-refractivity contribution >= 4 is 10.0 Å². The van der Waals surface area contributed by atoms with E-state index in [1.54, 1.807) is 18.2 Å². The molecule has 0 saturated carbocycles. The lowest BCUT2D eigenvalue weighted by Crippen LogP contribution is -2.41. The number of benzene rings is 1. The predicted octanol–water partition coefficient (Wildman–Crippen LogP) is 2.90. The Bertz CT molecular complexity index is 560. The van der Waals surface area contributed by atoms with Crippen molar-refractivity contribution in [3.05, 3.63) is 29.8 Å². The second-order valence-electron chi connectivity index (χ2n) is 6.89. The Morgan fingerprint density at radius 1 is 1.14 bits per heavy atom. The summed E-state index contributed by atoms with van der Waals surface area (Å²) in [6.07, 6.45) is 0. The van der Waals surface area contributed by atoms with Gasteiger partial charge in [-0.05, 0) is 30.0 Å². The summed E-state index contributed by atoms with van der Waals surface area (Å²) in [5.74, 6) is 0. The Morgan fingerprint density at radius 2 is 1.76 bits per heavy atom. The molecule has 0 heterocycles. The van der Waals surface area contributed by atoms with Gasteiger partial charge in [-0.15, -0.1) is 0 Å². The molecule has 5 heteroatoms. The van der Waals surface area contributed by atoms with Crippen LogP contribution in [-0.4, -0.2) is 20.5 Å². The molecule has 1 atom stereocenters. The Labute approximate surface area is 129 Å². The summed E-state index contributed by atoms with van der Waals surface area (Å²) in [4.78, 5) is 0.321. The zero-order chi connectivity index (χ0) is 16.3. The van der Waals surface area contributed by atoms with Crippen LogP contribution >= 0.6 is 0 Å². The number of nitrogens with one attached hydrogen (secondary N) is 2. The van der Waals surface area contributed by atoms with Crippen molar-refractivity contribution in [2.45, 2.75) is 65.1 Å². The van der Waals surface area contributed by atoms with E-state index in [0.29, 0.717) is 17.5 Å². The van der Waals surface area contributed by atoms with E-state index in [2.05, 4.69) is 23.9 Å². The van der Waals surface area contributed by atoms with Crippen molar-refractivity contribution in [1.29, 1.82) is 0 Å². The molecule has 0 aliphatic heterocycles. The summed E-state index contributed by atoms with van der Waals surface area (Å²) in [6.45, 7) is 12.7. The van der Waals surface area contributed by atoms with Gasteiger partial charge in [-0.1, -0.05) is 46.8 Å². The highest BCUT2D eigenvalue weighted by Gasteiger charge is 2.25. The topological polar surface area (TPSA) is 58.2 Å². The molecule has 0 fully saturated rings. The van der Waals surface area contributed by atoms with E-state index in [0.717, 1.165) is 5.56 Å². The molecule has 4 nitrogen and oxygen atoms in total. The molecule has 0 bridgehead atoms. The highest BCUT2D eigenvalue weighted by Crippen LogP contribution is 2.21. The molecule has 1 rings (SSSR count). The van der Waals surface area contributed by atoms with Crippen LogP contribution < -0.4 is 10.0 Å². The molecule has 120 valence electrons. The first kappa shape index (κ1) is 18.1. The van der Waals surface area contributed by atoms with Crippen molar-refractivity contribution in [2.24, 2.45) is 5.41 Å². The Kier molecular flexibility index (Phi) is 5.96. The standard InChI is InChI=1S/C16H28N2O2S/c1-12(2)17-11-14-8-7-9-15(10-14)21(19,20)18-13(3)16(4,5)6/h7-10,12-13,17-18H,11H2,1-6H3. The van der Waals surface area contributed by atoms with Gasteiger partial charge in [0.25, 0.3) is 0 Å². The molecule has 0 radical (unpaired) electrons. The first-order valence-electron chi connectivity index (χ1n) is 7.37. The van der Waals surface area contributed by atoms with Crippen molar-refractivity contribution < 1.29 is 8.42 Å². The van der Waals surface area contributed by atoms with Gasteiger partial charge in [-0.2, -0.15) is 0 Å². The Hall–Kier alpha value is -0.910. The van der Waals surface area contributed by atoms with Gasteiger partial charge >= 0.3 is 0 Å². The van der Waals surface area contributed by atoms with Crippen LogP contribution in [0.4, 0.5) is 0 Å². The normalized spacial score (nSPS) is 14.4. The zero-order valence-electron chi connectivity index (χ0n) is 13.9. The summed E-state index contributed by atoms with van der Waals surface area (Å²) in [5, 5.41) is 3.29. The lowest BCUT2D eigenvalue weighted by Gasteiger charge is -2.27. The number of rotatable bonds is 6. The number of hydrogen-bond donors (Lipinski definition) is 2. The van der Waals surface area contributed by atoms with E-state index in [1.165, 1.54) is 0 Å². The maximum Gasteiger partial charge on any atom is 0.240 e. The monoisotopic (exact) mass is 312 g/mol. The SMILES string of the molecule is CC(C)NCc1cccc(S(=O)(=O)NC(C)C(C)(C)C)c1. The van der Waals surface area contributed by atoms with Gasteiger partial charge in [-0.3, -0.25) is 0 Å². The zero-order valence-corrected chi connectivity index (χ0v) is 14.7. The molecule has 0 spiro atoms. The van der Waals surface area contributed by atoms with Gasteiger partial charge in [0.1, 0.15) is 0 Å². The molecule has 0 aliphatic carbocycles. The van der Waals surface area contributed by atoms with E-state index >= 15 is 0 Å². The molecule has 0 aromatic heterocycles. The van der Waals surface area contributed by atoms with Crippen LogP contribution in [0.2, 0.25) is 0 Å². The van der Waals surface area contributed by atoms with Crippen LogP contribution in [0.3, 0.4) is 0 Å². The average Bonchev–Trinajstić information content (AvgIpc) is 2.35. The maximum absolute atomic E-state index is 12.4. The molecule has 0 aliphatic rings. The quantitative estimate of drug-likeness (QED) is 0.849. The summed E-state index contributed by atoms with van der Waals surface area (Å²) >= 11 is 0. The first-order chi connectivity index (χ1) is 9.52. The second kappa shape index (κ2) is 6.90. The summed E-state index contributed by atoms with van der Waals surface area (Å²) < 4.78 is 27.7. The molecule has 0 saturated heterocycles. The minimum atomic E-state index is -3.48. The molecule has 1 unspecified atom stereocenters. The summed E-state index contributed by atoms with van der Waals surface area (Å²) in [5.41, 5.74) is 0.846. The van der Waals surface area contributed by atoms with Crippen LogP contribution in [0.15, 0.2) is 29.2 Å². The third kappa shape index (κ3) is 5.77. The van der Waals surface area contributed by atoms with E-state index < -0.39 is 10.0 Å². The molecule has 1 aromatic rings. The second-order valence-corrected chi connectivity index (χ2v) is 8.61. The summed E-state index contributed by atoms with van der Waals surface area (Å²) in [7, 11) is -3.48. The fraction of sp³-hybridized carbons (Fsp3) is 0.625. The van der Waals surface area contributed by atoms with Crippen molar-refractivity contribution in [1.82, 2.24) is 10.0 Å². The van der Waals surface area contributed by atoms with Gasteiger partial charge < -0.3 is 5.32 Å². The van der Waals surface area contributed by atoms with Crippen LogP contribution in [0.1, 0.15) is 47.1 Å².